The predicted octanol–water partition coefficient (Wildman–Crippen LogP) is 5.35. The maximum Gasteiger partial charge on any atom is 0.222 e. The minimum atomic E-state index is -1.14. The van der Waals surface area contributed by atoms with Crippen LogP contribution in [0, 0.1) is 0 Å². The normalized spacial score (nSPS) is 14.5. The number of hydrogen-bond acceptors (Lipinski definition) is 5. The fourth-order valence-corrected chi connectivity index (χ4v) is 4.38. The van der Waals surface area contributed by atoms with Gasteiger partial charge in [-0.2, -0.15) is 5.10 Å². The molecular formula is C21H27ClN4O2Si. The average Bonchev–Trinajstić information content (AvgIpc) is 3.46. The monoisotopic (exact) mass is 430 g/mol. The maximum atomic E-state index is 6.39. The molecule has 0 aliphatic heterocycles. The Morgan fingerprint density at radius 1 is 1.28 bits per heavy atom. The Morgan fingerprint density at radius 3 is 2.76 bits per heavy atom. The van der Waals surface area contributed by atoms with E-state index in [4.69, 9.17) is 26.2 Å². The topological polar surface area (TPSA) is 62.1 Å². The first kappa shape index (κ1) is 20.3. The van der Waals surface area contributed by atoms with Crippen molar-refractivity contribution in [2.24, 2.45) is 0 Å². The molecule has 1 aliphatic rings. The molecule has 0 aromatic carbocycles. The van der Waals surface area contributed by atoms with Crippen molar-refractivity contribution in [2.75, 3.05) is 13.7 Å². The van der Waals surface area contributed by atoms with Gasteiger partial charge in [0.05, 0.1) is 18.2 Å². The summed E-state index contributed by atoms with van der Waals surface area (Å²) in [7, 11) is 0.467. The van der Waals surface area contributed by atoms with E-state index in [-0.39, 0.29) is 0 Å². The van der Waals surface area contributed by atoms with E-state index in [0.29, 0.717) is 23.7 Å². The van der Waals surface area contributed by atoms with Gasteiger partial charge in [-0.15, -0.1) is 0 Å². The van der Waals surface area contributed by atoms with E-state index in [1.54, 1.807) is 13.3 Å². The summed E-state index contributed by atoms with van der Waals surface area (Å²) < 4.78 is 13.4. The van der Waals surface area contributed by atoms with Crippen LogP contribution >= 0.6 is 11.6 Å². The first-order valence-corrected chi connectivity index (χ1v) is 14.1. The molecule has 6 nitrogen and oxygen atoms in total. The Kier molecular flexibility index (Phi) is 5.64. The zero-order valence-corrected chi connectivity index (χ0v) is 19.2. The zero-order valence-electron chi connectivity index (χ0n) is 17.4. The number of ether oxygens (including phenoxy) is 2. The lowest BCUT2D eigenvalue weighted by molar-refractivity contribution is 0.0817. The Morgan fingerprint density at radius 2 is 2.07 bits per heavy atom. The van der Waals surface area contributed by atoms with Gasteiger partial charge >= 0.3 is 0 Å². The van der Waals surface area contributed by atoms with Gasteiger partial charge < -0.3 is 9.47 Å². The molecule has 3 heterocycles. The Hall–Kier alpha value is -1.96. The fourth-order valence-electron chi connectivity index (χ4n) is 3.42. The van der Waals surface area contributed by atoms with Gasteiger partial charge in [-0.1, -0.05) is 31.2 Å². The van der Waals surface area contributed by atoms with Crippen molar-refractivity contribution in [3.63, 3.8) is 0 Å². The third-order valence-electron chi connectivity index (χ3n) is 5.14. The fraction of sp³-hybridized carbons (Fsp3) is 0.476. The first-order valence-electron chi connectivity index (χ1n) is 10.0. The molecule has 0 spiro atoms. The molecule has 0 radical (unpaired) electrons. The van der Waals surface area contributed by atoms with E-state index in [0.717, 1.165) is 34.9 Å². The highest BCUT2D eigenvalue weighted by molar-refractivity contribution is 6.76. The molecule has 3 aromatic rings. The van der Waals surface area contributed by atoms with Crippen LogP contribution in [0.1, 0.15) is 24.3 Å². The summed E-state index contributed by atoms with van der Waals surface area (Å²) in [6.07, 6.45) is 4.04. The summed E-state index contributed by atoms with van der Waals surface area (Å²) in [5.41, 5.74) is 4.52. The van der Waals surface area contributed by atoms with Crippen LogP contribution in [-0.2, 0) is 11.5 Å². The Labute approximate surface area is 177 Å². The van der Waals surface area contributed by atoms with Crippen LogP contribution < -0.4 is 4.74 Å². The lowest BCUT2D eigenvalue weighted by Gasteiger charge is -2.15. The van der Waals surface area contributed by atoms with E-state index in [1.807, 2.05) is 22.9 Å². The van der Waals surface area contributed by atoms with Crippen LogP contribution in [0.15, 0.2) is 24.4 Å². The van der Waals surface area contributed by atoms with Crippen molar-refractivity contribution >= 4 is 30.7 Å². The van der Waals surface area contributed by atoms with Crippen LogP contribution in [0.4, 0.5) is 0 Å². The first-order chi connectivity index (χ1) is 13.9. The molecule has 8 heteroatoms. The molecule has 1 aliphatic carbocycles. The van der Waals surface area contributed by atoms with Gasteiger partial charge in [-0.05, 0) is 48.6 Å². The highest BCUT2D eigenvalue weighted by atomic mass is 35.5. The summed E-state index contributed by atoms with van der Waals surface area (Å²) in [5.74, 6) is 1.03. The molecule has 0 saturated heterocycles. The smallest absolute Gasteiger partial charge is 0.222 e. The molecule has 3 aromatic heterocycles. The second-order valence-corrected chi connectivity index (χ2v) is 14.8. The molecule has 1 saturated carbocycles. The molecule has 0 bridgehead atoms. The van der Waals surface area contributed by atoms with Gasteiger partial charge in [0.25, 0.3) is 0 Å². The Bertz CT molecular complexity index is 1030. The summed E-state index contributed by atoms with van der Waals surface area (Å²) in [6.45, 7) is 8.19. The van der Waals surface area contributed by atoms with Crippen LogP contribution in [-0.4, -0.2) is 41.5 Å². The molecule has 0 unspecified atom stereocenters. The van der Waals surface area contributed by atoms with Gasteiger partial charge in [-0.25, -0.2) is 14.6 Å². The van der Waals surface area contributed by atoms with Crippen molar-refractivity contribution < 1.29 is 9.47 Å². The van der Waals surface area contributed by atoms with Gasteiger partial charge in [0.15, 0.2) is 0 Å². The van der Waals surface area contributed by atoms with Gasteiger partial charge in [0.1, 0.15) is 23.1 Å². The quantitative estimate of drug-likeness (QED) is 0.274. The van der Waals surface area contributed by atoms with Gasteiger partial charge in [0.2, 0.25) is 5.88 Å². The predicted molar refractivity (Wildman–Crippen MR) is 118 cm³/mol. The number of aromatic nitrogens is 4. The van der Waals surface area contributed by atoms with Crippen molar-refractivity contribution in [1.82, 2.24) is 19.7 Å². The second-order valence-electron chi connectivity index (χ2n) is 8.76. The number of halogens is 1. The molecule has 4 rings (SSSR count). The third-order valence-corrected chi connectivity index (χ3v) is 7.04. The van der Waals surface area contributed by atoms with Crippen LogP contribution in [0.3, 0.4) is 0 Å². The second kappa shape index (κ2) is 8.05. The summed E-state index contributed by atoms with van der Waals surface area (Å²) >= 11 is 6.39. The lowest BCUT2D eigenvalue weighted by Crippen LogP contribution is -2.22. The Balaban J connectivity index is 1.78. The van der Waals surface area contributed by atoms with Crippen molar-refractivity contribution in [3.05, 3.63) is 35.1 Å². The van der Waals surface area contributed by atoms with Gasteiger partial charge in [0, 0.05) is 20.9 Å². The minimum absolute atomic E-state index is 0.395. The molecule has 0 N–H and O–H groups in total. The molecule has 0 atom stereocenters. The molecule has 29 heavy (non-hydrogen) atoms. The number of fused-ring (bicyclic) bond motifs is 1. The standard InChI is InChI=1S/C21H27ClN4O2Si/c1-27-21-15(6-5-9-23-21)18-19-20(16(14-7-8-14)12-17(22)24-19)26(25-18)13-28-10-11-29(2,3)4/h5-6,9,12,14H,7-8,10-11,13H2,1-4H3. The lowest BCUT2D eigenvalue weighted by atomic mass is 10.1. The molecular weight excluding hydrogens is 404 g/mol. The highest BCUT2D eigenvalue weighted by Crippen LogP contribution is 2.45. The van der Waals surface area contributed by atoms with Crippen molar-refractivity contribution in [1.29, 1.82) is 0 Å². The molecule has 1 fully saturated rings. The van der Waals surface area contributed by atoms with E-state index in [9.17, 15) is 0 Å². The number of rotatable bonds is 8. The van der Waals surface area contributed by atoms with Crippen LogP contribution in [0.2, 0.25) is 30.8 Å². The largest absolute Gasteiger partial charge is 0.481 e. The van der Waals surface area contributed by atoms with Crippen molar-refractivity contribution in [3.8, 4) is 17.1 Å². The number of hydrogen-bond donors (Lipinski definition) is 0. The SMILES string of the molecule is COc1ncccc1-c1nn(COCC[Si](C)(C)C)c2c(C3CC3)cc(Cl)nc12. The summed E-state index contributed by atoms with van der Waals surface area (Å²) in [5, 5.41) is 5.36. The zero-order chi connectivity index (χ0) is 20.6. The van der Waals surface area contributed by atoms with Crippen LogP contribution in [0.5, 0.6) is 5.88 Å². The minimum Gasteiger partial charge on any atom is -0.481 e. The molecule has 0 amide bonds. The summed E-state index contributed by atoms with van der Waals surface area (Å²) in [4.78, 5) is 8.96. The average molecular weight is 431 g/mol. The summed E-state index contributed by atoms with van der Waals surface area (Å²) in [6, 6.07) is 6.92. The van der Waals surface area contributed by atoms with Crippen molar-refractivity contribution in [2.45, 2.75) is 51.2 Å². The molecule has 154 valence electrons. The maximum absolute atomic E-state index is 6.39. The van der Waals surface area contributed by atoms with Gasteiger partial charge in [-0.3, -0.25) is 0 Å². The van der Waals surface area contributed by atoms with E-state index in [1.165, 1.54) is 18.4 Å². The number of pyridine rings is 2. The van der Waals surface area contributed by atoms with E-state index >= 15 is 0 Å². The third kappa shape index (κ3) is 4.47. The number of methoxy groups -OCH3 is 1. The highest BCUT2D eigenvalue weighted by Gasteiger charge is 2.30. The van der Waals surface area contributed by atoms with E-state index in [2.05, 4.69) is 29.6 Å². The van der Waals surface area contributed by atoms with E-state index < -0.39 is 8.07 Å². The number of nitrogens with zero attached hydrogens (tertiary/aromatic N) is 4. The van der Waals surface area contributed by atoms with Crippen LogP contribution in [0.25, 0.3) is 22.3 Å².